The van der Waals surface area contributed by atoms with E-state index in [0.29, 0.717) is 17.5 Å². The number of carbonyl (C=O) groups excluding carboxylic acids is 1. The van der Waals surface area contributed by atoms with Crippen LogP contribution in [0.2, 0.25) is 5.02 Å². The highest BCUT2D eigenvalue weighted by atomic mass is 35.5. The minimum absolute atomic E-state index is 0.0290. The number of nitrogens with zero attached hydrogens (tertiary/aromatic N) is 3. The maximum atomic E-state index is 11.3. The summed E-state index contributed by atoms with van der Waals surface area (Å²) in [6.45, 7) is 3.06. The molecule has 0 unspecified atom stereocenters. The standard InChI is InChI=1S/C14H18ClN3O2/c1-10(19)9-18-14(20-7-6-17(2)3)12-5-4-11(15)8-13(12)16-18/h4-5,8H,6-7,9H2,1-3H3. The molecule has 5 nitrogen and oxygen atoms in total. The van der Waals surface area contributed by atoms with Gasteiger partial charge in [-0.3, -0.25) is 4.79 Å². The molecule has 0 bridgehead atoms. The lowest BCUT2D eigenvalue weighted by Crippen LogP contribution is -2.20. The van der Waals surface area contributed by atoms with E-state index in [1.807, 2.05) is 25.1 Å². The van der Waals surface area contributed by atoms with Crippen LogP contribution in [-0.2, 0) is 11.3 Å². The average molecular weight is 296 g/mol. The van der Waals surface area contributed by atoms with Crippen molar-refractivity contribution in [3.63, 3.8) is 0 Å². The molecule has 0 aliphatic rings. The summed E-state index contributed by atoms with van der Waals surface area (Å²) in [4.78, 5) is 13.4. The van der Waals surface area contributed by atoms with Gasteiger partial charge in [0.15, 0.2) is 5.78 Å². The lowest BCUT2D eigenvalue weighted by atomic mass is 10.2. The van der Waals surface area contributed by atoms with Gasteiger partial charge in [0.1, 0.15) is 13.2 Å². The molecule has 1 aromatic heterocycles. The van der Waals surface area contributed by atoms with Crippen molar-refractivity contribution in [1.29, 1.82) is 0 Å². The molecule has 1 heterocycles. The Bertz CT molecular complexity index is 622. The van der Waals surface area contributed by atoms with Crippen molar-refractivity contribution in [2.45, 2.75) is 13.5 Å². The van der Waals surface area contributed by atoms with Crippen molar-refractivity contribution in [3.8, 4) is 5.88 Å². The van der Waals surface area contributed by atoms with Gasteiger partial charge in [-0.1, -0.05) is 11.6 Å². The van der Waals surface area contributed by atoms with E-state index in [-0.39, 0.29) is 12.3 Å². The summed E-state index contributed by atoms with van der Waals surface area (Å²) in [5.41, 5.74) is 0.735. The Balaban J connectivity index is 2.33. The molecule has 0 saturated carbocycles. The summed E-state index contributed by atoms with van der Waals surface area (Å²) in [6, 6.07) is 5.43. The van der Waals surface area contributed by atoms with Crippen molar-refractivity contribution < 1.29 is 9.53 Å². The number of carbonyl (C=O) groups is 1. The van der Waals surface area contributed by atoms with Crippen LogP contribution >= 0.6 is 11.6 Å². The van der Waals surface area contributed by atoms with Gasteiger partial charge in [-0.15, -0.1) is 0 Å². The van der Waals surface area contributed by atoms with Gasteiger partial charge in [0.05, 0.1) is 10.9 Å². The molecule has 6 heteroatoms. The molecule has 1 aromatic carbocycles. The largest absolute Gasteiger partial charge is 0.476 e. The number of aromatic nitrogens is 2. The van der Waals surface area contributed by atoms with E-state index in [4.69, 9.17) is 16.3 Å². The Morgan fingerprint density at radius 3 is 2.85 bits per heavy atom. The highest BCUT2D eigenvalue weighted by Crippen LogP contribution is 2.28. The Labute approximate surface area is 123 Å². The van der Waals surface area contributed by atoms with Crippen molar-refractivity contribution in [2.24, 2.45) is 0 Å². The first kappa shape index (κ1) is 14.8. The van der Waals surface area contributed by atoms with E-state index in [9.17, 15) is 4.79 Å². The second-order valence-corrected chi connectivity index (χ2v) is 5.41. The van der Waals surface area contributed by atoms with Gasteiger partial charge in [-0.2, -0.15) is 5.10 Å². The molecular weight excluding hydrogens is 278 g/mol. The molecule has 20 heavy (non-hydrogen) atoms. The fraction of sp³-hybridized carbons (Fsp3) is 0.429. The van der Waals surface area contributed by atoms with Gasteiger partial charge in [0.2, 0.25) is 5.88 Å². The number of halogens is 1. The number of hydrogen-bond donors (Lipinski definition) is 0. The van der Waals surface area contributed by atoms with E-state index >= 15 is 0 Å². The molecule has 0 spiro atoms. The lowest BCUT2D eigenvalue weighted by Gasteiger charge is -2.12. The Morgan fingerprint density at radius 2 is 2.20 bits per heavy atom. The maximum absolute atomic E-state index is 11.3. The van der Waals surface area contributed by atoms with Crippen LogP contribution < -0.4 is 4.74 Å². The molecule has 2 rings (SSSR count). The van der Waals surface area contributed by atoms with E-state index < -0.39 is 0 Å². The molecular formula is C14H18ClN3O2. The second-order valence-electron chi connectivity index (χ2n) is 4.98. The number of ketones is 1. The second kappa shape index (κ2) is 6.24. The van der Waals surface area contributed by atoms with E-state index in [1.165, 1.54) is 6.92 Å². The molecule has 0 N–H and O–H groups in total. The minimum Gasteiger partial charge on any atom is -0.476 e. The highest BCUT2D eigenvalue weighted by Gasteiger charge is 2.14. The molecule has 0 atom stereocenters. The number of fused-ring (bicyclic) bond motifs is 1. The third kappa shape index (κ3) is 3.49. The van der Waals surface area contributed by atoms with E-state index in [2.05, 4.69) is 5.10 Å². The van der Waals surface area contributed by atoms with Crippen molar-refractivity contribution in [1.82, 2.24) is 14.7 Å². The van der Waals surface area contributed by atoms with Gasteiger partial charge in [0, 0.05) is 11.6 Å². The van der Waals surface area contributed by atoms with Gasteiger partial charge in [0.25, 0.3) is 0 Å². The van der Waals surface area contributed by atoms with Gasteiger partial charge >= 0.3 is 0 Å². The molecule has 0 aliphatic heterocycles. The summed E-state index contributed by atoms with van der Waals surface area (Å²) < 4.78 is 7.40. The first-order valence-corrected chi connectivity index (χ1v) is 6.78. The zero-order valence-electron chi connectivity index (χ0n) is 11.9. The van der Waals surface area contributed by atoms with E-state index in [1.54, 1.807) is 16.8 Å². The van der Waals surface area contributed by atoms with Crippen LogP contribution in [0.25, 0.3) is 10.9 Å². The Kier molecular flexibility index (Phi) is 4.62. The van der Waals surface area contributed by atoms with Crippen molar-refractivity contribution in [2.75, 3.05) is 27.2 Å². The SMILES string of the molecule is CC(=O)Cn1nc2cc(Cl)ccc2c1OCCN(C)C. The van der Waals surface area contributed by atoms with Crippen LogP contribution in [0, 0.1) is 0 Å². The quantitative estimate of drug-likeness (QED) is 0.820. The van der Waals surface area contributed by atoms with Crippen LogP contribution in [0.15, 0.2) is 18.2 Å². The molecule has 2 aromatic rings. The number of likely N-dealkylation sites (N-methyl/N-ethyl adjacent to an activating group) is 1. The Morgan fingerprint density at radius 1 is 1.45 bits per heavy atom. The van der Waals surface area contributed by atoms with Crippen LogP contribution in [0.5, 0.6) is 5.88 Å². The summed E-state index contributed by atoms with van der Waals surface area (Å²) in [6.07, 6.45) is 0. The summed E-state index contributed by atoms with van der Waals surface area (Å²) in [5, 5.41) is 5.87. The smallest absolute Gasteiger partial charge is 0.220 e. The third-order valence-electron chi connectivity index (χ3n) is 2.80. The Hall–Kier alpha value is -1.59. The zero-order chi connectivity index (χ0) is 14.7. The normalized spacial score (nSPS) is 11.2. The van der Waals surface area contributed by atoms with E-state index in [0.717, 1.165) is 17.4 Å². The van der Waals surface area contributed by atoms with Crippen LogP contribution in [0.1, 0.15) is 6.92 Å². The monoisotopic (exact) mass is 295 g/mol. The highest BCUT2D eigenvalue weighted by molar-refractivity contribution is 6.31. The summed E-state index contributed by atoms with van der Waals surface area (Å²) >= 11 is 5.97. The molecule has 0 saturated heterocycles. The first-order valence-electron chi connectivity index (χ1n) is 6.40. The summed E-state index contributed by atoms with van der Waals surface area (Å²) in [5.74, 6) is 0.648. The number of benzene rings is 1. The molecule has 0 fully saturated rings. The fourth-order valence-corrected chi connectivity index (χ4v) is 2.04. The first-order chi connectivity index (χ1) is 9.47. The van der Waals surface area contributed by atoms with Gasteiger partial charge < -0.3 is 9.64 Å². The van der Waals surface area contributed by atoms with Crippen LogP contribution in [-0.4, -0.2) is 47.7 Å². The maximum Gasteiger partial charge on any atom is 0.220 e. The number of Topliss-reactive ketones (excluding diaryl/α,β-unsaturated/α-hetero) is 1. The minimum atomic E-state index is 0.0290. The van der Waals surface area contributed by atoms with Crippen molar-refractivity contribution in [3.05, 3.63) is 23.2 Å². The lowest BCUT2D eigenvalue weighted by molar-refractivity contribution is -0.117. The van der Waals surface area contributed by atoms with Crippen molar-refractivity contribution >= 4 is 28.3 Å². The fourth-order valence-electron chi connectivity index (χ4n) is 1.88. The molecule has 0 aliphatic carbocycles. The molecule has 0 radical (unpaired) electrons. The predicted molar refractivity (Wildman–Crippen MR) is 79.5 cm³/mol. The van der Waals surface area contributed by atoms with Crippen LogP contribution in [0.3, 0.4) is 0 Å². The zero-order valence-corrected chi connectivity index (χ0v) is 12.6. The van der Waals surface area contributed by atoms with Gasteiger partial charge in [-0.05, 0) is 39.2 Å². The van der Waals surface area contributed by atoms with Gasteiger partial charge in [-0.25, -0.2) is 4.68 Å². The third-order valence-corrected chi connectivity index (χ3v) is 3.04. The summed E-state index contributed by atoms with van der Waals surface area (Å²) in [7, 11) is 3.96. The number of ether oxygens (including phenoxy) is 1. The molecule has 0 amide bonds. The number of rotatable bonds is 6. The van der Waals surface area contributed by atoms with Crippen LogP contribution in [0.4, 0.5) is 0 Å². The predicted octanol–water partition coefficient (Wildman–Crippen LogP) is 2.22. The topological polar surface area (TPSA) is 47.4 Å². The molecule has 108 valence electrons. The average Bonchev–Trinajstić information content (AvgIpc) is 2.65. The number of hydrogen-bond acceptors (Lipinski definition) is 4.